The summed E-state index contributed by atoms with van der Waals surface area (Å²) < 4.78 is 0. The standard InChI is InChI=1S/C9H11BrO2/c1-9(6-10)5-3-2-4-7(9)8(11)12/h2-5,7H,6H2,1H3,(H,11,12). The molecule has 0 amide bonds. The summed E-state index contributed by atoms with van der Waals surface area (Å²) in [5.74, 6) is -1.18. The van der Waals surface area contributed by atoms with Gasteiger partial charge in [0.25, 0.3) is 0 Å². The van der Waals surface area contributed by atoms with Gasteiger partial charge in [-0.25, -0.2) is 0 Å². The first-order valence-corrected chi connectivity index (χ1v) is 4.87. The summed E-state index contributed by atoms with van der Waals surface area (Å²) >= 11 is 3.33. The fourth-order valence-corrected chi connectivity index (χ4v) is 1.80. The van der Waals surface area contributed by atoms with Crippen molar-refractivity contribution in [3.63, 3.8) is 0 Å². The zero-order chi connectivity index (χ0) is 9.19. The van der Waals surface area contributed by atoms with Gasteiger partial charge in [-0.15, -0.1) is 0 Å². The van der Waals surface area contributed by atoms with Gasteiger partial charge in [0.05, 0.1) is 5.92 Å². The molecule has 0 aliphatic heterocycles. The molecular weight excluding hydrogens is 220 g/mol. The normalized spacial score (nSPS) is 33.7. The van der Waals surface area contributed by atoms with Crippen molar-refractivity contribution < 1.29 is 9.90 Å². The molecule has 0 bridgehead atoms. The molecule has 0 saturated heterocycles. The number of carboxylic acid groups (broad SMARTS) is 1. The Hall–Kier alpha value is -0.570. The number of halogens is 1. The molecule has 66 valence electrons. The molecule has 0 fully saturated rings. The van der Waals surface area contributed by atoms with E-state index in [1.807, 2.05) is 19.1 Å². The second-order valence-electron chi connectivity index (χ2n) is 3.20. The second-order valence-corrected chi connectivity index (χ2v) is 3.76. The Labute approximate surface area is 80.1 Å². The quantitative estimate of drug-likeness (QED) is 0.740. The maximum atomic E-state index is 10.8. The smallest absolute Gasteiger partial charge is 0.311 e. The summed E-state index contributed by atoms with van der Waals surface area (Å²) in [5, 5.41) is 9.56. The topological polar surface area (TPSA) is 37.3 Å². The first-order valence-electron chi connectivity index (χ1n) is 3.75. The summed E-state index contributed by atoms with van der Waals surface area (Å²) in [6.07, 6.45) is 7.33. The third-order valence-corrected chi connectivity index (χ3v) is 3.36. The molecule has 0 aromatic heterocycles. The number of carboxylic acids is 1. The Morgan fingerprint density at radius 2 is 2.33 bits per heavy atom. The van der Waals surface area contributed by atoms with E-state index in [-0.39, 0.29) is 5.41 Å². The first-order chi connectivity index (χ1) is 5.60. The third-order valence-electron chi connectivity index (χ3n) is 2.16. The zero-order valence-corrected chi connectivity index (χ0v) is 8.41. The maximum absolute atomic E-state index is 10.8. The first kappa shape index (κ1) is 9.52. The van der Waals surface area contributed by atoms with E-state index >= 15 is 0 Å². The Morgan fingerprint density at radius 1 is 1.67 bits per heavy atom. The molecule has 1 aliphatic rings. The number of alkyl halides is 1. The molecular formula is C9H11BrO2. The third kappa shape index (κ3) is 1.61. The highest BCUT2D eigenvalue weighted by Crippen LogP contribution is 2.34. The number of carbonyl (C=O) groups is 1. The summed E-state index contributed by atoms with van der Waals surface area (Å²) in [5.41, 5.74) is -0.291. The molecule has 0 saturated carbocycles. The Balaban J connectivity index is 2.92. The fraction of sp³-hybridized carbons (Fsp3) is 0.444. The van der Waals surface area contributed by atoms with Gasteiger partial charge in [-0.1, -0.05) is 47.2 Å². The molecule has 1 rings (SSSR count). The van der Waals surface area contributed by atoms with E-state index in [4.69, 9.17) is 5.11 Å². The van der Waals surface area contributed by atoms with Crippen molar-refractivity contribution in [1.29, 1.82) is 0 Å². The molecule has 0 aromatic carbocycles. The number of allylic oxidation sites excluding steroid dienone is 3. The monoisotopic (exact) mass is 230 g/mol. The molecule has 2 atom stereocenters. The molecule has 2 nitrogen and oxygen atoms in total. The minimum Gasteiger partial charge on any atom is -0.481 e. The largest absolute Gasteiger partial charge is 0.481 e. The predicted molar refractivity (Wildman–Crippen MR) is 51.3 cm³/mol. The van der Waals surface area contributed by atoms with E-state index in [0.29, 0.717) is 5.33 Å². The average Bonchev–Trinajstić information content (AvgIpc) is 2.05. The molecule has 12 heavy (non-hydrogen) atoms. The van der Waals surface area contributed by atoms with Crippen LogP contribution in [0.1, 0.15) is 6.92 Å². The highest BCUT2D eigenvalue weighted by atomic mass is 79.9. The van der Waals surface area contributed by atoms with Crippen LogP contribution in [0, 0.1) is 11.3 Å². The minimum atomic E-state index is -0.766. The van der Waals surface area contributed by atoms with Crippen molar-refractivity contribution in [2.45, 2.75) is 6.92 Å². The highest BCUT2D eigenvalue weighted by molar-refractivity contribution is 9.09. The van der Waals surface area contributed by atoms with Crippen LogP contribution >= 0.6 is 15.9 Å². The van der Waals surface area contributed by atoms with Gasteiger partial charge in [0.15, 0.2) is 0 Å². The van der Waals surface area contributed by atoms with Crippen LogP contribution in [-0.4, -0.2) is 16.4 Å². The van der Waals surface area contributed by atoms with E-state index in [2.05, 4.69) is 15.9 Å². The van der Waals surface area contributed by atoms with Crippen LogP contribution < -0.4 is 0 Å². The SMILES string of the molecule is CC1(CBr)C=CC=CC1C(=O)O. The van der Waals surface area contributed by atoms with Crippen LogP contribution in [0.15, 0.2) is 24.3 Å². The van der Waals surface area contributed by atoms with E-state index in [1.54, 1.807) is 12.2 Å². The van der Waals surface area contributed by atoms with Crippen molar-refractivity contribution in [3.8, 4) is 0 Å². The lowest BCUT2D eigenvalue weighted by Gasteiger charge is -2.30. The lowest BCUT2D eigenvalue weighted by atomic mass is 9.76. The van der Waals surface area contributed by atoms with E-state index in [9.17, 15) is 4.79 Å². The zero-order valence-electron chi connectivity index (χ0n) is 6.83. The lowest BCUT2D eigenvalue weighted by Crippen LogP contribution is -2.33. The molecule has 0 aromatic rings. The second kappa shape index (κ2) is 3.44. The van der Waals surface area contributed by atoms with Gasteiger partial charge in [-0.2, -0.15) is 0 Å². The van der Waals surface area contributed by atoms with Crippen LogP contribution in [-0.2, 0) is 4.79 Å². The number of aliphatic carboxylic acids is 1. The molecule has 3 heteroatoms. The molecule has 2 unspecified atom stereocenters. The maximum Gasteiger partial charge on any atom is 0.311 e. The van der Waals surface area contributed by atoms with Crippen LogP contribution in [0.3, 0.4) is 0 Å². The van der Waals surface area contributed by atoms with Crippen molar-refractivity contribution in [3.05, 3.63) is 24.3 Å². The minimum absolute atomic E-state index is 0.291. The van der Waals surface area contributed by atoms with Crippen molar-refractivity contribution in [2.75, 3.05) is 5.33 Å². The van der Waals surface area contributed by atoms with Crippen LogP contribution in [0.25, 0.3) is 0 Å². The average molecular weight is 231 g/mol. The summed E-state index contributed by atoms with van der Waals surface area (Å²) in [6, 6.07) is 0. The Bertz CT molecular complexity index is 245. The number of rotatable bonds is 2. The van der Waals surface area contributed by atoms with E-state index in [1.165, 1.54) is 0 Å². The van der Waals surface area contributed by atoms with Gasteiger partial charge in [0, 0.05) is 10.7 Å². The Kier molecular flexibility index (Phi) is 2.73. The van der Waals surface area contributed by atoms with Gasteiger partial charge in [-0.3, -0.25) is 4.79 Å². The van der Waals surface area contributed by atoms with Crippen molar-refractivity contribution in [1.82, 2.24) is 0 Å². The van der Waals surface area contributed by atoms with Crippen LogP contribution in [0.5, 0.6) is 0 Å². The molecule has 0 heterocycles. The van der Waals surface area contributed by atoms with Gasteiger partial charge < -0.3 is 5.11 Å². The summed E-state index contributed by atoms with van der Waals surface area (Å²) in [7, 11) is 0. The molecule has 1 aliphatic carbocycles. The Morgan fingerprint density at radius 3 is 2.75 bits per heavy atom. The van der Waals surface area contributed by atoms with Crippen LogP contribution in [0.2, 0.25) is 0 Å². The molecule has 0 spiro atoms. The van der Waals surface area contributed by atoms with Crippen molar-refractivity contribution in [2.24, 2.45) is 11.3 Å². The number of hydrogen-bond acceptors (Lipinski definition) is 1. The summed E-state index contributed by atoms with van der Waals surface area (Å²) in [4.78, 5) is 10.8. The van der Waals surface area contributed by atoms with Crippen LogP contribution in [0.4, 0.5) is 0 Å². The highest BCUT2D eigenvalue weighted by Gasteiger charge is 2.35. The van der Waals surface area contributed by atoms with E-state index < -0.39 is 11.9 Å². The lowest BCUT2D eigenvalue weighted by molar-refractivity contribution is -0.142. The summed E-state index contributed by atoms with van der Waals surface area (Å²) in [6.45, 7) is 1.93. The molecule has 1 N–H and O–H groups in total. The van der Waals surface area contributed by atoms with E-state index in [0.717, 1.165) is 0 Å². The molecule has 0 radical (unpaired) electrons. The predicted octanol–water partition coefficient (Wildman–Crippen LogP) is 2.21. The van der Waals surface area contributed by atoms with Gasteiger partial charge in [-0.05, 0) is 0 Å². The fourth-order valence-electron chi connectivity index (χ4n) is 1.27. The number of hydrogen-bond donors (Lipinski definition) is 1. The van der Waals surface area contributed by atoms with Gasteiger partial charge >= 0.3 is 5.97 Å². The van der Waals surface area contributed by atoms with Gasteiger partial charge in [0.2, 0.25) is 0 Å². The van der Waals surface area contributed by atoms with Crippen molar-refractivity contribution >= 4 is 21.9 Å². The van der Waals surface area contributed by atoms with Gasteiger partial charge in [0.1, 0.15) is 0 Å².